The smallest absolute Gasteiger partial charge is 0.189 e. The Morgan fingerprint density at radius 3 is 1.41 bits per heavy atom. The number of rotatable bonds is 32. The third-order valence-electron chi connectivity index (χ3n) is 7.74. The standard InChI is InChI=1S/C33H65O5P/c1-3-5-7-9-11-13-15-17-18-20-22-24-26-31(33(37)39-38-29-30(35)28-34)32(36)27-25-23-21-19-16-14-12-10-8-6-4-2/h30-31,34-35,39H,3-29H2,1-2H3. The van der Waals surface area contributed by atoms with Gasteiger partial charge in [-0.15, -0.1) is 0 Å². The summed E-state index contributed by atoms with van der Waals surface area (Å²) in [4.78, 5) is 25.8. The summed E-state index contributed by atoms with van der Waals surface area (Å²) < 4.78 is 5.32. The molecule has 0 rings (SSSR count). The molecule has 0 fully saturated rings. The summed E-state index contributed by atoms with van der Waals surface area (Å²) in [6, 6.07) is 0. The zero-order valence-corrected chi connectivity index (χ0v) is 26.9. The third-order valence-corrected chi connectivity index (χ3v) is 8.60. The summed E-state index contributed by atoms with van der Waals surface area (Å²) >= 11 is 0. The van der Waals surface area contributed by atoms with E-state index in [1.165, 1.54) is 122 Å². The molecule has 232 valence electrons. The fraction of sp³-hybridized carbons (Fsp3) is 0.939. The molecular formula is C33H65O5P. The van der Waals surface area contributed by atoms with Crippen LogP contribution in [0.3, 0.4) is 0 Å². The molecule has 3 atom stereocenters. The summed E-state index contributed by atoms with van der Waals surface area (Å²) in [7, 11) is -0.440. The molecule has 2 N–H and O–H groups in total. The molecule has 5 nitrogen and oxygen atoms in total. The highest BCUT2D eigenvalue weighted by Crippen LogP contribution is 2.27. The van der Waals surface area contributed by atoms with Crippen molar-refractivity contribution >= 4 is 20.1 Å². The van der Waals surface area contributed by atoms with Crippen molar-refractivity contribution in [2.75, 3.05) is 13.2 Å². The van der Waals surface area contributed by atoms with E-state index < -0.39 is 27.4 Å². The lowest BCUT2D eigenvalue weighted by Gasteiger charge is -2.15. The van der Waals surface area contributed by atoms with E-state index >= 15 is 0 Å². The zero-order chi connectivity index (χ0) is 28.8. The van der Waals surface area contributed by atoms with Crippen LogP contribution in [0.4, 0.5) is 0 Å². The minimum Gasteiger partial charge on any atom is -0.394 e. The van der Waals surface area contributed by atoms with Crippen LogP contribution in [0, 0.1) is 5.92 Å². The van der Waals surface area contributed by atoms with Crippen molar-refractivity contribution in [1.29, 1.82) is 0 Å². The van der Waals surface area contributed by atoms with E-state index in [9.17, 15) is 14.7 Å². The van der Waals surface area contributed by atoms with Crippen LogP contribution >= 0.6 is 8.81 Å². The van der Waals surface area contributed by atoms with Crippen molar-refractivity contribution in [3.63, 3.8) is 0 Å². The molecular weight excluding hydrogens is 507 g/mol. The number of ketones is 1. The number of aliphatic hydroxyl groups is 2. The Bertz CT molecular complexity index is 542. The Morgan fingerprint density at radius 2 is 1.00 bits per heavy atom. The Hall–Kier alpha value is -0.350. The van der Waals surface area contributed by atoms with Crippen LogP contribution in [-0.4, -0.2) is 40.8 Å². The predicted octanol–water partition coefficient (Wildman–Crippen LogP) is 9.45. The first-order valence-corrected chi connectivity index (χ1v) is 17.7. The van der Waals surface area contributed by atoms with E-state index in [2.05, 4.69) is 13.8 Å². The molecule has 0 amide bonds. The average molecular weight is 573 g/mol. The van der Waals surface area contributed by atoms with E-state index in [4.69, 9.17) is 9.63 Å². The molecule has 0 aromatic rings. The van der Waals surface area contributed by atoms with Crippen molar-refractivity contribution < 1.29 is 24.3 Å². The van der Waals surface area contributed by atoms with Gasteiger partial charge in [0, 0.05) is 6.42 Å². The topological polar surface area (TPSA) is 83.8 Å². The minimum atomic E-state index is -0.980. The number of aliphatic hydroxyl groups excluding tert-OH is 2. The highest BCUT2D eigenvalue weighted by Gasteiger charge is 2.26. The predicted molar refractivity (Wildman–Crippen MR) is 168 cm³/mol. The van der Waals surface area contributed by atoms with E-state index in [1.54, 1.807) is 0 Å². The maximum Gasteiger partial charge on any atom is 0.189 e. The van der Waals surface area contributed by atoms with Gasteiger partial charge in [0.1, 0.15) is 11.9 Å². The van der Waals surface area contributed by atoms with Crippen LogP contribution in [0.25, 0.3) is 0 Å². The summed E-state index contributed by atoms with van der Waals surface area (Å²) in [6.45, 7) is 4.05. The maximum absolute atomic E-state index is 13.0. The second-order valence-corrected chi connectivity index (χ2v) is 12.6. The highest BCUT2D eigenvalue weighted by molar-refractivity contribution is 7.53. The number of hydrogen-bond acceptors (Lipinski definition) is 5. The van der Waals surface area contributed by atoms with Crippen LogP contribution < -0.4 is 0 Å². The number of Topliss-reactive ketones (excluding diaryl/α,β-unsaturated/α-hetero) is 1. The molecule has 0 radical (unpaired) electrons. The van der Waals surface area contributed by atoms with Crippen molar-refractivity contribution in [3.05, 3.63) is 0 Å². The zero-order valence-electron chi connectivity index (χ0n) is 25.9. The van der Waals surface area contributed by atoms with Crippen LogP contribution in [0.15, 0.2) is 0 Å². The van der Waals surface area contributed by atoms with Gasteiger partial charge < -0.3 is 14.7 Å². The number of carbonyl (C=O) groups excluding carboxylic acids is 2. The normalized spacial score (nSPS) is 13.3. The fourth-order valence-corrected chi connectivity index (χ4v) is 5.96. The van der Waals surface area contributed by atoms with Crippen LogP contribution in [-0.2, 0) is 14.1 Å². The first-order valence-electron chi connectivity index (χ1n) is 16.8. The Labute approximate surface area is 243 Å². The first kappa shape index (κ1) is 38.6. The molecule has 0 aliphatic heterocycles. The average Bonchev–Trinajstić information content (AvgIpc) is 2.93. The molecule has 3 unspecified atom stereocenters. The van der Waals surface area contributed by atoms with Crippen molar-refractivity contribution in [2.45, 2.75) is 180 Å². The number of hydrogen-bond donors (Lipinski definition) is 2. The molecule has 0 saturated heterocycles. The van der Waals surface area contributed by atoms with Crippen molar-refractivity contribution in [1.82, 2.24) is 0 Å². The monoisotopic (exact) mass is 572 g/mol. The molecule has 0 bridgehead atoms. The number of carbonyl (C=O) groups is 2. The van der Waals surface area contributed by atoms with Crippen molar-refractivity contribution in [3.8, 4) is 0 Å². The second kappa shape index (κ2) is 30.6. The summed E-state index contributed by atoms with van der Waals surface area (Å²) in [5.41, 5.74) is -0.142. The van der Waals surface area contributed by atoms with Gasteiger partial charge in [-0.3, -0.25) is 9.59 Å². The van der Waals surface area contributed by atoms with E-state index in [1.807, 2.05) is 0 Å². The summed E-state index contributed by atoms with van der Waals surface area (Å²) in [5, 5.41) is 18.4. The minimum absolute atomic E-state index is 0.0674. The van der Waals surface area contributed by atoms with Gasteiger partial charge in [-0.1, -0.05) is 155 Å². The van der Waals surface area contributed by atoms with E-state index in [0.29, 0.717) is 12.8 Å². The van der Waals surface area contributed by atoms with E-state index in [-0.39, 0.29) is 17.9 Å². The highest BCUT2D eigenvalue weighted by atomic mass is 31.1. The Kier molecular flexibility index (Phi) is 30.3. The third kappa shape index (κ3) is 26.3. The van der Waals surface area contributed by atoms with Gasteiger partial charge in [0.2, 0.25) is 0 Å². The lowest BCUT2D eigenvalue weighted by Crippen LogP contribution is -2.23. The molecule has 0 aromatic carbocycles. The molecule has 0 saturated carbocycles. The Balaban J connectivity index is 4.16. The lowest BCUT2D eigenvalue weighted by atomic mass is 9.93. The Morgan fingerprint density at radius 1 is 0.615 bits per heavy atom. The summed E-state index contributed by atoms with van der Waals surface area (Å²) in [5.74, 6) is -0.501. The fourth-order valence-electron chi connectivity index (χ4n) is 5.10. The lowest BCUT2D eigenvalue weighted by molar-refractivity contribution is -0.129. The van der Waals surface area contributed by atoms with Gasteiger partial charge in [-0.05, 0) is 12.8 Å². The van der Waals surface area contributed by atoms with Gasteiger partial charge >= 0.3 is 0 Å². The quantitative estimate of drug-likeness (QED) is 0.0476. The van der Waals surface area contributed by atoms with Gasteiger partial charge in [0.25, 0.3) is 0 Å². The van der Waals surface area contributed by atoms with Gasteiger partial charge in [0.15, 0.2) is 5.52 Å². The summed E-state index contributed by atoms with van der Waals surface area (Å²) in [6.07, 6.45) is 28.9. The molecule has 0 aliphatic rings. The largest absolute Gasteiger partial charge is 0.394 e. The van der Waals surface area contributed by atoms with Gasteiger partial charge in [-0.2, -0.15) is 0 Å². The molecule has 6 heteroatoms. The second-order valence-electron chi connectivity index (χ2n) is 11.6. The van der Waals surface area contributed by atoms with Crippen LogP contribution in [0.5, 0.6) is 0 Å². The molecule has 0 spiro atoms. The SMILES string of the molecule is CCCCCCCCCCCCCCC(C(=O)CCCCCCCCCCCCC)C(=O)POCC(O)CO. The van der Waals surface area contributed by atoms with Gasteiger partial charge in [0.05, 0.1) is 27.9 Å². The van der Waals surface area contributed by atoms with Crippen LogP contribution in [0.2, 0.25) is 0 Å². The molecule has 0 aliphatic carbocycles. The number of unbranched alkanes of at least 4 members (excludes halogenated alkanes) is 21. The molecule has 39 heavy (non-hydrogen) atoms. The van der Waals surface area contributed by atoms with E-state index in [0.717, 1.165) is 25.7 Å². The maximum atomic E-state index is 13.0. The molecule has 0 heterocycles. The molecule has 0 aromatic heterocycles. The first-order chi connectivity index (χ1) is 19.1. The van der Waals surface area contributed by atoms with Gasteiger partial charge in [-0.25, -0.2) is 0 Å². The van der Waals surface area contributed by atoms with Crippen LogP contribution in [0.1, 0.15) is 174 Å². The van der Waals surface area contributed by atoms with Crippen molar-refractivity contribution in [2.24, 2.45) is 5.92 Å².